The van der Waals surface area contributed by atoms with E-state index in [1.807, 2.05) is 12.1 Å². The SMILES string of the molecule is COc1ccc(CCNC(=O)COC(=O)C=Cc2ccc(OC(F)F)cc2)cc1OC. The van der Waals surface area contributed by atoms with Gasteiger partial charge in [-0.3, -0.25) is 4.79 Å². The normalized spacial score (nSPS) is 10.7. The molecule has 1 amide bonds. The first kappa shape index (κ1) is 23.7. The molecule has 0 saturated heterocycles. The maximum Gasteiger partial charge on any atom is 0.387 e. The van der Waals surface area contributed by atoms with Crippen molar-refractivity contribution >= 4 is 18.0 Å². The third kappa shape index (κ3) is 8.33. The highest BCUT2D eigenvalue weighted by Gasteiger charge is 2.07. The predicted octanol–water partition coefficient (Wildman–Crippen LogP) is 3.22. The van der Waals surface area contributed by atoms with Crippen LogP contribution >= 0.6 is 0 Å². The highest BCUT2D eigenvalue weighted by Crippen LogP contribution is 2.27. The van der Waals surface area contributed by atoms with Gasteiger partial charge < -0.3 is 24.3 Å². The standard InChI is InChI=1S/C22H23F2NO6/c1-28-18-9-5-16(13-19(18)29-2)11-12-25-20(26)14-30-21(27)10-6-15-3-7-17(8-4-15)31-22(23)24/h3-10,13,22H,11-12,14H2,1-2H3,(H,25,26). The number of esters is 1. The van der Waals surface area contributed by atoms with Crippen molar-refractivity contribution in [3.05, 3.63) is 59.7 Å². The number of alkyl halides is 2. The molecule has 0 bridgehead atoms. The summed E-state index contributed by atoms with van der Waals surface area (Å²) in [5.41, 5.74) is 1.53. The van der Waals surface area contributed by atoms with Gasteiger partial charge in [-0.15, -0.1) is 0 Å². The molecule has 0 atom stereocenters. The molecule has 0 radical (unpaired) electrons. The predicted molar refractivity (Wildman–Crippen MR) is 109 cm³/mol. The van der Waals surface area contributed by atoms with Crippen LogP contribution in [0.1, 0.15) is 11.1 Å². The van der Waals surface area contributed by atoms with Gasteiger partial charge in [0.05, 0.1) is 14.2 Å². The summed E-state index contributed by atoms with van der Waals surface area (Å²) < 4.78 is 43.7. The summed E-state index contributed by atoms with van der Waals surface area (Å²) in [6.07, 6.45) is 3.13. The van der Waals surface area contributed by atoms with Crippen LogP contribution in [0.2, 0.25) is 0 Å². The zero-order valence-electron chi connectivity index (χ0n) is 17.1. The first-order valence-electron chi connectivity index (χ1n) is 9.28. The average Bonchev–Trinajstić information content (AvgIpc) is 2.76. The van der Waals surface area contributed by atoms with E-state index in [2.05, 4.69) is 10.1 Å². The number of carbonyl (C=O) groups is 2. The maximum atomic E-state index is 12.1. The number of ether oxygens (including phenoxy) is 4. The quantitative estimate of drug-likeness (QED) is 0.431. The molecule has 0 spiro atoms. The second-order valence-corrected chi connectivity index (χ2v) is 6.18. The highest BCUT2D eigenvalue weighted by molar-refractivity contribution is 5.89. The minimum Gasteiger partial charge on any atom is -0.493 e. The molecule has 2 rings (SSSR count). The van der Waals surface area contributed by atoms with Gasteiger partial charge in [0.15, 0.2) is 18.1 Å². The van der Waals surface area contributed by atoms with Crippen molar-refractivity contribution in [3.8, 4) is 17.2 Å². The molecule has 0 saturated carbocycles. The average molecular weight is 435 g/mol. The van der Waals surface area contributed by atoms with Crippen LogP contribution in [0.3, 0.4) is 0 Å². The lowest BCUT2D eigenvalue weighted by atomic mass is 10.1. The summed E-state index contributed by atoms with van der Waals surface area (Å²) >= 11 is 0. The summed E-state index contributed by atoms with van der Waals surface area (Å²) in [5, 5.41) is 2.66. The molecule has 2 aromatic rings. The fraction of sp³-hybridized carbons (Fsp3) is 0.273. The van der Waals surface area contributed by atoms with Gasteiger partial charge in [-0.25, -0.2) is 4.79 Å². The Morgan fingerprint density at radius 3 is 2.39 bits per heavy atom. The fourth-order valence-electron chi connectivity index (χ4n) is 2.54. The van der Waals surface area contributed by atoms with Crippen molar-refractivity contribution in [1.29, 1.82) is 0 Å². The molecule has 0 aliphatic rings. The Hall–Kier alpha value is -3.62. The molecular weight excluding hydrogens is 412 g/mol. The van der Waals surface area contributed by atoms with Crippen molar-refractivity contribution in [2.45, 2.75) is 13.0 Å². The van der Waals surface area contributed by atoms with E-state index >= 15 is 0 Å². The van der Waals surface area contributed by atoms with Crippen LogP contribution in [0, 0.1) is 0 Å². The van der Waals surface area contributed by atoms with Crippen LogP contribution < -0.4 is 19.5 Å². The number of carbonyl (C=O) groups excluding carboxylic acids is 2. The third-order valence-electron chi connectivity index (χ3n) is 4.05. The highest BCUT2D eigenvalue weighted by atomic mass is 19.3. The summed E-state index contributed by atoms with van der Waals surface area (Å²) in [7, 11) is 3.10. The van der Waals surface area contributed by atoms with Crippen LogP contribution in [0.15, 0.2) is 48.5 Å². The molecule has 0 fully saturated rings. The van der Waals surface area contributed by atoms with E-state index < -0.39 is 25.1 Å². The summed E-state index contributed by atoms with van der Waals surface area (Å²) in [6, 6.07) is 11.2. The summed E-state index contributed by atoms with van der Waals surface area (Å²) in [4.78, 5) is 23.5. The second-order valence-electron chi connectivity index (χ2n) is 6.18. The fourth-order valence-corrected chi connectivity index (χ4v) is 2.54. The first-order chi connectivity index (χ1) is 14.9. The zero-order valence-corrected chi connectivity index (χ0v) is 17.1. The number of hydrogen-bond donors (Lipinski definition) is 1. The molecule has 0 aliphatic heterocycles. The van der Waals surface area contributed by atoms with Crippen LogP contribution in [0.5, 0.6) is 17.2 Å². The van der Waals surface area contributed by atoms with Gasteiger partial charge in [0.2, 0.25) is 0 Å². The van der Waals surface area contributed by atoms with Crippen LogP contribution in [-0.2, 0) is 20.7 Å². The largest absolute Gasteiger partial charge is 0.493 e. The van der Waals surface area contributed by atoms with Crippen molar-refractivity contribution in [2.75, 3.05) is 27.4 Å². The number of hydrogen-bond acceptors (Lipinski definition) is 6. The van der Waals surface area contributed by atoms with Crippen LogP contribution in [0.25, 0.3) is 6.08 Å². The number of nitrogens with one attached hydrogen (secondary N) is 1. The monoisotopic (exact) mass is 435 g/mol. The molecule has 0 aromatic heterocycles. The van der Waals surface area contributed by atoms with E-state index in [0.717, 1.165) is 11.6 Å². The molecule has 7 nitrogen and oxygen atoms in total. The van der Waals surface area contributed by atoms with E-state index in [-0.39, 0.29) is 5.75 Å². The zero-order chi connectivity index (χ0) is 22.6. The Kier molecular flexibility index (Phi) is 9.28. The molecule has 9 heteroatoms. The maximum absolute atomic E-state index is 12.1. The Balaban J connectivity index is 1.71. The van der Waals surface area contributed by atoms with E-state index in [1.54, 1.807) is 20.3 Å². The second kappa shape index (κ2) is 12.2. The number of benzene rings is 2. The van der Waals surface area contributed by atoms with E-state index in [0.29, 0.717) is 30.0 Å². The van der Waals surface area contributed by atoms with Crippen molar-refractivity contribution in [1.82, 2.24) is 5.32 Å². The summed E-state index contributed by atoms with van der Waals surface area (Å²) in [5.74, 6) is 0.0917. The van der Waals surface area contributed by atoms with Crippen molar-refractivity contribution in [3.63, 3.8) is 0 Å². The van der Waals surface area contributed by atoms with Crippen LogP contribution in [0.4, 0.5) is 8.78 Å². The molecule has 0 aliphatic carbocycles. The number of rotatable bonds is 11. The van der Waals surface area contributed by atoms with E-state index in [4.69, 9.17) is 14.2 Å². The van der Waals surface area contributed by atoms with E-state index in [1.165, 1.54) is 30.3 Å². The van der Waals surface area contributed by atoms with Crippen LogP contribution in [-0.4, -0.2) is 45.9 Å². The van der Waals surface area contributed by atoms with Crippen molar-refractivity contribution < 1.29 is 37.3 Å². The van der Waals surface area contributed by atoms with Crippen molar-refractivity contribution in [2.24, 2.45) is 0 Å². The minimum atomic E-state index is -2.90. The van der Waals surface area contributed by atoms with Gasteiger partial charge >= 0.3 is 12.6 Å². The molecule has 0 heterocycles. The smallest absolute Gasteiger partial charge is 0.387 e. The lowest BCUT2D eigenvalue weighted by Crippen LogP contribution is -2.30. The van der Waals surface area contributed by atoms with Gasteiger partial charge in [0, 0.05) is 12.6 Å². The van der Waals surface area contributed by atoms with Gasteiger partial charge in [-0.1, -0.05) is 18.2 Å². The molecular formula is C22H23F2NO6. The Bertz CT molecular complexity index is 899. The molecule has 166 valence electrons. The van der Waals surface area contributed by atoms with Gasteiger partial charge in [-0.05, 0) is 47.9 Å². The van der Waals surface area contributed by atoms with E-state index in [9.17, 15) is 18.4 Å². The molecule has 2 aromatic carbocycles. The lowest BCUT2D eigenvalue weighted by Gasteiger charge is -2.10. The van der Waals surface area contributed by atoms with Gasteiger partial charge in [-0.2, -0.15) is 8.78 Å². The number of amides is 1. The Morgan fingerprint density at radius 1 is 1.03 bits per heavy atom. The topological polar surface area (TPSA) is 83.1 Å². The lowest BCUT2D eigenvalue weighted by molar-refractivity contribution is -0.143. The number of methoxy groups -OCH3 is 2. The molecule has 31 heavy (non-hydrogen) atoms. The third-order valence-corrected chi connectivity index (χ3v) is 4.05. The Morgan fingerprint density at radius 2 is 1.74 bits per heavy atom. The molecule has 1 N–H and O–H groups in total. The summed E-state index contributed by atoms with van der Waals surface area (Å²) in [6.45, 7) is -2.97. The minimum absolute atomic E-state index is 0.0134. The molecule has 0 unspecified atom stereocenters. The Labute approximate surface area is 178 Å². The number of halogens is 2. The van der Waals surface area contributed by atoms with Gasteiger partial charge in [0.25, 0.3) is 5.91 Å². The van der Waals surface area contributed by atoms with Gasteiger partial charge in [0.1, 0.15) is 5.75 Å². The first-order valence-corrected chi connectivity index (χ1v) is 9.28.